The number of primary amides is 1. The molecule has 1 saturated heterocycles. The van der Waals surface area contributed by atoms with Crippen molar-refractivity contribution in [1.82, 2.24) is 4.90 Å². The second kappa shape index (κ2) is 10.1. The van der Waals surface area contributed by atoms with Crippen molar-refractivity contribution in [2.45, 2.75) is 23.9 Å². The molecule has 4 rings (SSSR count). The van der Waals surface area contributed by atoms with E-state index < -0.39 is 5.41 Å². The lowest BCUT2D eigenvalue weighted by Gasteiger charge is -2.41. The van der Waals surface area contributed by atoms with Crippen LogP contribution in [0.2, 0.25) is 0 Å². The number of nitrogens with zero attached hydrogens (tertiary/aromatic N) is 1. The van der Waals surface area contributed by atoms with Crippen molar-refractivity contribution in [3.05, 3.63) is 108 Å². The average Bonchev–Trinajstić information content (AvgIpc) is 3.20. The molecule has 4 nitrogen and oxygen atoms in total. The molecular weight excluding hydrogens is 408 g/mol. The zero-order chi connectivity index (χ0) is 21.0. The summed E-state index contributed by atoms with van der Waals surface area (Å²) in [4.78, 5) is 15.7. The second-order valence-electron chi connectivity index (χ2n) is 8.07. The van der Waals surface area contributed by atoms with Crippen molar-refractivity contribution in [3.8, 4) is 0 Å². The minimum absolute atomic E-state index is 0. The molecule has 3 aromatic carbocycles. The van der Waals surface area contributed by atoms with Gasteiger partial charge in [-0.3, -0.25) is 4.79 Å². The number of rotatable bonds is 7. The molecule has 3 aromatic rings. The standard InChI is InChI=1S/C26H28N2O2.ClH/c27-25(30)26(21-12-6-2-7-13-21,22-14-8-3-9-15-22)24(20-10-4-1-5-11-20)19-28-17-16-23(29)18-28;/h1-15,23-24,29H,16-19H2,(H2,27,30);1H/t23-,24-;/m0./s1. The van der Waals surface area contributed by atoms with Crippen molar-refractivity contribution in [3.63, 3.8) is 0 Å². The number of aliphatic hydroxyl groups is 1. The minimum atomic E-state index is -1.03. The van der Waals surface area contributed by atoms with Crippen molar-refractivity contribution in [1.29, 1.82) is 0 Å². The third-order valence-corrected chi connectivity index (χ3v) is 6.26. The van der Waals surface area contributed by atoms with Crippen molar-refractivity contribution in [2.75, 3.05) is 19.6 Å². The molecule has 0 radical (unpaired) electrons. The molecule has 31 heavy (non-hydrogen) atoms. The Balaban J connectivity index is 0.00000272. The van der Waals surface area contributed by atoms with Crippen molar-refractivity contribution in [2.24, 2.45) is 5.73 Å². The van der Waals surface area contributed by atoms with Crippen LogP contribution in [0.1, 0.15) is 29.0 Å². The molecule has 0 saturated carbocycles. The minimum Gasteiger partial charge on any atom is -0.392 e. The van der Waals surface area contributed by atoms with Crippen LogP contribution in [0.5, 0.6) is 0 Å². The molecule has 2 atom stereocenters. The van der Waals surface area contributed by atoms with E-state index in [2.05, 4.69) is 17.0 Å². The Kier molecular flexibility index (Phi) is 7.50. The predicted molar refractivity (Wildman–Crippen MR) is 126 cm³/mol. The lowest BCUT2D eigenvalue weighted by molar-refractivity contribution is -0.123. The summed E-state index contributed by atoms with van der Waals surface area (Å²) in [6, 6.07) is 29.8. The summed E-state index contributed by atoms with van der Waals surface area (Å²) in [5, 5.41) is 10.1. The normalized spacial score (nSPS) is 17.6. The zero-order valence-corrected chi connectivity index (χ0v) is 18.2. The molecule has 3 N–H and O–H groups in total. The van der Waals surface area contributed by atoms with E-state index in [1.165, 1.54) is 0 Å². The van der Waals surface area contributed by atoms with Gasteiger partial charge in [0.05, 0.1) is 6.10 Å². The van der Waals surface area contributed by atoms with Gasteiger partial charge >= 0.3 is 0 Å². The van der Waals surface area contributed by atoms with E-state index in [0.29, 0.717) is 13.1 Å². The summed E-state index contributed by atoms with van der Waals surface area (Å²) in [6.07, 6.45) is 0.430. The number of likely N-dealkylation sites (tertiary alicyclic amines) is 1. The van der Waals surface area contributed by atoms with E-state index >= 15 is 0 Å². The second-order valence-corrected chi connectivity index (χ2v) is 8.07. The van der Waals surface area contributed by atoms with Crippen molar-refractivity contribution >= 4 is 18.3 Å². The molecule has 1 aliphatic heterocycles. The molecule has 0 aliphatic carbocycles. The van der Waals surface area contributed by atoms with Crippen LogP contribution in [0.25, 0.3) is 0 Å². The highest BCUT2D eigenvalue weighted by atomic mass is 35.5. The maximum absolute atomic E-state index is 13.4. The van der Waals surface area contributed by atoms with Crippen LogP contribution in [0.15, 0.2) is 91.0 Å². The van der Waals surface area contributed by atoms with E-state index in [1.807, 2.05) is 78.9 Å². The van der Waals surface area contributed by atoms with Gasteiger partial charge < -0.3 is 15.7 Å². The number of carbonyl (C=O) groups excluding carboxylic acids is 1. The molecule has 1 fully saturated rings. The first-order chi connectivity index (χ1) is 14.6. The highest BCUT2D eigenvalue weighted by molar-refractivity contribution is 5.92. The number of hydrogen-bond acceptors (Lipinski definition) is 3. The molecule has 162 valence electrons. The maximum Gasteiger partial charge on any atom is 0.233 e. The Bertz CT molecular complexity index is 927. The number of benzene rings is 3. The summed E-state index contributed by atoms with van der Waals surface area (Å²) in [5.41, 5.74) is 8.07. The summed E-state index contributed by atoms with van der Waals surface area (Å²) in [5.74, 6) is -0.570. The van der Waals surface area contributed by atoms with Crippen LogP contribution in [0, 0.1) is 0 Å². The molecule has 0 aromatic heterocycles. The smallest absolute Gasteiger partial charge is 0.233 e. The lowest BCUT2D eigenvalue weighted by Crippen LogP contribution is -2.50. The van der Waals surface area contributed by atoms with E-state index in [4.69, 9.17) is 5.73 Å². The topological polar surface area (TPSA) is 66.6 Å². The monoisotopic (exact) mass is 436 g/mol. The van der Waals surface area contributed by atoms with Gasteiger partial charge in [0.2, 0.25) is 5.91 Å². The third kappa shape index (κ3) is 4.52. The SMILES string of the molecule is Cl.NC(=O)C(c1ccccc1)(c1ccccc1)[C@@H](CN1CC[C@H](O)C1)c1ccccc1. The van der Waals surface area contributed by atoms with Gasteiger partial charge in [-0.15, -0.1) is 12.4 Å². The van der Waals surface area contributed by atoms with Gasteiger partial charge in [0.1, 0.15) is 5.41 Å². The highest BCUT2D eigenvalue weighted by Crippen LogP contribution is 2.45. The van der Waals surface area contributed by atoms with Crippen LogP contribution < -0.4 is 5.73 Å². The zero-order valence-electron chi connectivity index (χ0n) is 17.4. The fraction of sp³-hybridized carbons (Fsp3) is 0.269. The van der Waals surface area contributed by atoms with Gasteiger partial charge in [0.25, 0.3) is 0 Å². The Morgan fingerprint density at radius 1 is 0.935 bits per heavy atom. The Morgan fingerprint density at radius 3 is 1.84 bits per heavy atom. The molecule has 0 bridgehead atoms. The molecular formula is C26H29ClN2O2. The number of β-amino-alcohol motifs (C(OH)–C–C–N with tert-alkyl or cyclic N) is 1. The summed E-state index contributed by atoms with van der Waals surface area (Å²) >= 11 is 0. The van der Waals surface area contributed by atoms with Gasteiger partial charge in [-0.25, -0.2) is 0 Å². The summed E-state index contributed by atoms with van der Waals surface area (Å²) in [7, 11) is 0. The van der Waals surface area contributed by atoms with Gasteiger partial charge in [-0.05, 0) is 23.1 Å². The van der Waals surface area contributed by atoms with Gasteiger partial charge in [-0.2, -0.15) is 0 Å². The number of amides is 1. The van der Waals surface area contributed by atoms with Crippen LogP contribution >= 0.6 is 12.4 Å². The number of carbonyl (C=O) groups is 1. The fourth-order valence-corrected chi connectivity index (χ4v) is 4.84. The Hall–Kier alpha value is -2.66. The van der Waals surface area contributed by atoms with Crippen LogP contribution in [-0.2, 0) is 10.2 Å². The van der Waals surface area contributed by atoms with Gasteiger partial charge in [0, 0.05) is 25.6 Å². The molecule has 1 aliphatic rings. The number of nitrogens with two attached hydrogens (primary N) is 1. The predicted octanol–water partition coefficient (Wildman–Crippen LogP) is 3.73. The highest BCUT2D eigenvalue weighted by Gasteiger charge is 2.48. The van der Waals surface area contributed by atoms with Gasteiger partial charge in [-0.1, -0.05) is 91.0 Å². The summed E-state index contributed by atoms with van der Waals surface area (Å²) in [6.45, 7) is 2.05. The molecule has 0 unspecified atom stereocenters. The van der Waals surface area contributed by atoms with Crippen molar-refractivity contribution < 1.29 is 9.90 Å². The van der Waals surface area contributed by atoms with E-state index in [1.54, 1.807) is 0 Å². The first-order valence-corrected chi connectivity index (χ1v) is 10.5. The molecule has 0 spiro atoms. The van der Waals surface area contributed by atoms with Crippen LogP contribution in [-0.4, -0.2) is 41.7 Å². The number of aliphatic hydroxyl groups excluding tert-OH is 1. The fourth-order valence-electron chi connectivity index (χ4n) is 4.84. The number of hydrogen-bond donors (Lipinski definition) is 2. The largest absolute Gasteiger partial charge is 0.392 e. The summed E-state index contributed by atoms with van der Waals surface area (Å²) < 4.78 is 0. The molecule has 1 heterocycles. The average molecular weight is 437 g/mol. The number of halogens is 1. The first kappa shape index (κ1) is 23.0. The lowest BCUT2D eigenvalue weighted by atomic mass is 9.62. The molecule has 5 heteroatoms. The molecule has 1 amide bonds. The van der Waals surface area contributed by atoms with Gasteiger partial charge in [0.15, 0.2) is 0 Å². The van der Waals surface area contributed by atoms with Crippen LogP contribution in [0.4, 0.5) is 0 Å². The quantitative estimate of drug-likeness (QED) is 0.593. The third-order valence-electron chi connectivity index (χ3n) is 6.26. The van der Waals surface area contributed by atoms with E-state index in [0.717, 1.165) is 29.7 Å². The van der Waals surface area contributed by atoms with E-state index in [9.17, 15) is 9.90 Å². The Morgan fingerprint density at radius 2 is 1.42 bits per heavy atom. The first-order valence-electron chi connectivity index (χ1n) is 10.5. The van der Waals surface area contributed by atoms with E-state index in [-0.39, 0.29) is 30.3 Å². The maximum atomic E-state index is 13.4. The Labute approximate surface area is 190 Å². The van der Waals surface area contributed by atoms with Crippen LogP contribution in [0.3, 0.4) is 0 Å².